The van der Waals surface area contributed by atoms with Crippen LogP contribution >= 0.6 is 27.5 Å². The maximum atomic E-state index is 13.8. The van der Waals surface area contributed by atoms with Crippen molar-refractivity contribution in [1.29, 1.82) is 0 Å². The number of aromatic nitrogens is 4. The fourth-order valence-electron chi connectivity index (χ4n) is 2.56. The minimum Gasteiger partial charge on any atom is -0.277 e. The first-order chi connectivity index (χ1) is 13.3. The highest BCUT2D eigenvalue weighted by atomic mass is 79.9. The van der Waals surface area contributed by atoms with E-state index in [9.17, 15) is 12.8 Å². The van der Waals surface area contributed by atoms with Gasteiger partial charge in [0.05, 0.1) is 20.7 Å². The molecule has 0 saturated carbocycles. The smallest absolute Gasteiger partial charge is 0.262 e. The summed E-state index contributed by atoms with van der Waals surface area (Å²) in [5.41, 5.74) is 1.51. The number of hydrogen-bond donors (Lipinski definition) is 1. The van der Waals surface area contributed by atoms with Gasteiger partial charge in [-0.3, -0.25) is 4.72 Å². The molecule has 0 aliphatic rings. The van der Waals surface area contributed by atoms with E-state index in [-0.39, 0.29) is 15.1 Å². The third-order valence-electron chi connectivity index (χ3n) is 3.86. The van der Waals surface area contributed by atoms with Crippen LogP contribution in [-0.4, -0.2) is 28.4 Å². The van der Waals surface area contributed by atoms with Crippen molar-refractivity contribution in [2.24, 2.45) is 0 Å². The van der Waals surface area contributed by atoms with E-state index in [1.54, 1.807) is 24.4 Å². The number of rotatable bonds is 4. The molecule has 0 unspecified atom stereocenters. The molecule has 2 heterocycles. The Hall–Kier alpha value is -2.56. The van der Waals surface area contributed by atoms with Crippen molar-refractivity contribution < 1.29 is 12.8 Å². The lowest BCUT2D eigenvalue weighted by Crippen LogP contribution is -2.15. The van der Waals surface area contributed by atoms with Crippen molar-refractivity contribution in [2.45, 2.75) is 4.90 Å². The Labute approximate surface area is 172 Å². The Kier molecular flexibility index (Phi) is 4.77. The lowest BCUT2D eigenvalue weighted by atomic mass is 10.2. The molecule has 28 heavy (non-hydrogen) atoms. The van der Waals surface area contributed by atoms with E-state index in [0.717, 1.165) is 6.07 Å². The summed E-state index contributed by atoms with van der Waals surface area (Å²) in [5, 5.41) is 8.38. The molecule has 142 valence electrons. The molecule has 7 nitrogen and oxygen atoms in total. The molecule has 0 aliphatic carbocycles. The summed E-state index contributed by atoms with van der Waals surface area (Å²) in [7, 11) is -4.06. The molecule has 2 aromatic heterocycles. The van der Waals surface area contributed by atoms with Gasteiger partial charge in [0, 0.05) is 11.2 Å². The van der Waals surface area contributed by atoms with Crippen LogP contribution in [0.3, 0.4) is 0 Å². The maximum absolute atomic E-state index is 13.8. The van der Waals surface area contributed by atoms with Crippen molar-refractivity contribution in [3.05, 3.63) is 70.0 Å². The first-order valence-electron chi connectivity index (χ1n) is 7.79. The van der Waals surface area contributed by atoms with Crippen LogP contribution in [0.2, 0.25) is 5.02 Å². The van der Waals surface area contributed by atoms with E-state index in [1.807, 2.05) is 0 Å². The van der Waals surface area contributed by atoms with E-state index >= 15 is 0 Å². The first-order valence-corrected chi connectivity index (χ1v) is 10.4. The third kappa shape index (κ3) is 3.46. The monoisotopic (exact) mass is 481 g/mol. The largest absolute Gasteiger partial charge is 0.277 e. The molecule has 2 aromatic carbocycles. The molecule has 4 aromatic rings. The van der Waals surface area contributed by atoms with Crippen LogP contribution in [0.25, 0.3) is 16.9 Å². The van der Waals surface area contributed by atoms with Gasteiger partial charge in [-0.25, -0.2) is 22.5 Å². The summed E-state index contributed by atoms with van der Waals surface area (Å²) < 4.78 is 43.3. The number of hydrogen-bond acceptors (Lipinski definition) is 5. The molecule has 0 amide bonds. The van der Waals surface area contributed by atoms with Gasteiger partial charge in [-0.1, -0.05) is 16.8 Å². The lowest BCUT2D eigenvalue weighted by Gasteiger charge is -2.13. The van der Waals surface area contributed by atoms with Gasteiger partial charge in [0.2, 0.25) is 5.65 Å². The van der Waals surface area contributed by atoms with Crippen LogP contribution < -0.4 is 4.72 Å². The highest BCUT2D eigenvalue weighted by Gasteiger charge is 2.20. The third-order valence-corrected chi connectivity index (χ3v) is 6.10. The summed E-state index contributed by atoms with van der Waals surface area (Å²) in [6.45, 7) is 0. The molecule has 0 fully saturated rings. The lowest BCUT2D eigenvalue weighted by molar-refractivity contribution is 0.593. The van der Waals surface area contributed by atoms with Crippen molar-refractivity contribution in [3.63, 3.8) is 0 Å². The van der Waals surface area contributed by atoms with Gasteiger partial charge < -0.3 is 0 Å². The van der Waals surface area contributed by atoms with E-state index in [2.05, 4.69) is 35.9 Å². The highest BCUT2D eigenvalue weighted by molar-refractivity contribution is 9.10. The first kappa shape index (κ1) is 18.8. The number of halogens is 3. The molecule has 0 aliphatic heterocycles. The molecule has 1 N–H and O–H groups in total. The fourth-order valence-corrected chi connectivity index (χ4v) is 4.06. The predicted molar refractivity (Wildman–Crippen MR) is 107 cm³/mol. The minimum atomic E-state index is -4.06. The van der Waals surface area contributed by atoms with E-state index < -0.39 is 15.8 Å². The summed E-state index contributed by atoms with van der Waals surface area (Å²) in [4.78, 5) is 3.88. The molecule has 0 saturated heterocycles. The number of fused-ring (bicyclic) bond motifs is 1. The summed E-state index contributed by atoms with van der Waals surface area (Å²) in [5.74, 6) is -0.687. The average Bonchev–Trinajstić information content (AvgIpc) is 3.09. The van der Waals surface area contributed by atoms with Gasteiger partial charge in [0.25, 0.3) is 10.0 Å². The van der Waals surface area contributed by atoms with Crippen LogP contribution in [0.4, 0.5) is 10.1 Å². The molecule has 0 atom stereocenters. The number of benzene rings is 2. The Morgan fingerprint density at radius 3 is 2.75 bits per heavy atom. The van der Waals surface area contributed by atoms with Crippen molar-refractivity contribution in [1.82, 2.24) is 20.0 Å². The topological polar surface area (TPSA) is 89.8 Å². The van der Waals surface area contributed by atoms with Gasteiger partial charge >= 0.3 is 0 Å². The molecular formula is C17H10BrClFN5O2S. The molecule has 0 bridgehead atoms. The second kappa shape index (κ2) is 7.12. The van der Waals surface area contributed by atoms with Gasteiger partial charge in [0.15, 0.2) is 0 Å². The molecular weight excluding hydrogens is 473 g/mol. The minimum absolute atomic E-state index is 0.167. The summed E-state index contributed by atoms with van der Waals surface area (Å²) in [6, 6.07) is 11.6. The number of pyridine rings is 1. The SMILES string of the molecule is O=S(=O)(Nc1ccc(Cl)cc1-n1nnc2ncccc21)c1ccc(Br)c(F)c1. The van der Waals surface area contributed by atoms with E-state index in [1.165, 1.54) is 28.9 Å². The number of sulfonamides is 1. The van der Waals surface area contributed by atoms with Crippen LogP contribution in [0.1, 0.15) is 0 Å². The van der Waals surface area contributed by atoms with E-state index in [0.29, 0.717) is 21.9 Å². The van der Waals surface area contributed by atoms with Crippen molar-refractivity contribution in [2.75, 3.05) is 4.72 Å². The highest BCUT2D eigenvalue weighted by Crippen LogP contribution is 2.29. The quantitative estimate of drug-likeness (QED) is 0.471. The van der Waals surface area contributed by atoms with Gasteiger partial charge in [0.1, 0.15) is 11.3 Å². The Balaban J connectivity index is 1.82. The molecule has 0 radical (unpaired) electrons. The average molecular weight is 483 g/mol. The summed E-state index contributed by atoms with van der Waals surface area (Å²) >= 11 is 9.10. The van der Waals surface area contributed by atoms with Crippen LogP contribution in [0, 0.1) is 5.82 Å². The second-order valence-corrected chi connectivity index (χ2v) is 8.66. The fraction of sp³-hybridized carbons (Fsp3) is 0. The van der Waals surface area contributed by atoms with Gasteiger partial charge in [-0.15, -0.1) is 5.10 Å². The Morgan fingerprint density at radius 2 is 1.96 bits per heavy atom. The standard InChI is InChI=1S/C17H10BrClFN5O2S/c18-12-5-4-11(9-13(12)20)28(26,27)23-14-6-3-10(19)8-16(14)25-15-2-1-7-21-17(15)22-24-25/h1-9,23H. The van der Waals surface area contributed by atoms with Crippen LogP contribution in [0.5, 0.6) is 0 Å². The number of nitrogens with zero attached hydrogens (tertiary/aromatic N) is 4. The van der Waals surface area contributed by atoms with Gasteiger partial charge in [-0.05, 0) is 64.5 Å². The van der Waals surface area contributed by atoms with Crippen molar-refractivity contribution in [3.8, 4) is 5.69 Å². The maximum Gasteiger partial charge on any atom is 0.262 e. The normalized spacial score (nSPS) is 11.7. The molecule has 0 spiro atoms. The zero-order valence-electron chi connectivity index (χ0n) is 13.8. The second-order valence-electron chi connectivity index (χ2n) is 5.69. The summed E-state index contributed by atoms with van der Waals surface area (Å²) in [6.07, 6.45) is 1.57. The number of anilines is 1. The zero-order valence-corrected chi connectivity index (χ0v) is 17.0. The number of nitrogens with one attached hydrogen (secondary N) is 1. The van der Waals surface area contributed by atoms with Crippen LogP contribution in [-0.2, 0) is 10.0 Å². The molecule has 11 heteroatoms. The van der Waals surface area contributed by atoms with Gasteiger partial charge in [-0.2, -0.15) is 0 Å². The Bertz CT molecular complexity index is 1310. The molecule has 4 rings (SSSR count). The van der Waals surface area contributed by atoms with Crippen molar-refractivity contribution >= 4 is 54.4 Å². The Morgan fingerprint density at radius 1 is 1.14 bits per heavy atom. The van der Waals surface area contributed by atoms with E-state index in [4.69, 9.17) is 11.6 Å². The predicted octanol–water partition coefficient (Wildman–Crippen LogP) is 4.17. The zero-order chi connectivity index (χ0) is 19.9. The van der Waals surface area contributed by atoms with Crippen LogP contribution in [0.15, 0.2) is 64.1 Å².